The Labute approximate surface area is 195 Å². The molecule has 3 aromatic heterocycles. The zero-order chi connectivity index (χ0) is 23.7. The molecule has 2 aliphatic carbocycles. The molecular formula is C25H23F2N7. The van der Waals surface area contributed by atoms with E-state index in [1.54, 1.807) is 17.2 Å². The molecule has 3 heterocycles. The number of hydrogen-bond acceptors (Lipinski definition) is 6. The Kier molecular flexibility index (Phi) is 4.43. The van der Waals surface area contributed by atoms with Gasteiger partial charge in [-0.2, -0.15) is 9.78 Å². The number of fused-ring (bicyclic) bond motifs is 5. The summed E-state index contributed by atoms with van der Waals surface area (Å²) in [5.41, 5.74) is 2.01. The fourth-order valence-corrected chi connectivity index (χ4v) is 6.01. The average molecular weight is 460 g/mol. The van der Waals surface area contributed by atoms with Gasteiger partial charge in [-0.15, -0.1) is 10.2 Å². The minimum Gasteiger partial charge on any atom is -0.220 e. The van der Waals surface area contributed by atoms with Crippen LogP contribution in [0, 0.1) is 17.0 Å². The van der Waals surface area contributed by atoms with Crippen molar-refractivity contribution in [1.82, 2.24) is 34.9 Å². The maximum atomic E-state index is 14.5. The van der Waals surface area contributed by atoms with Gasteiger partial charge in [-0.1, -0.05) is 26.8 Å². The fourth-order valence-electron chi connectivity index (χ4n) is 6.01. The molecule has 2 bridgehead atoms. The van der Waals surface area contributed by atoms with Gasteiger partial charge in [-0.25, -0.2) is 23.7 Å². The number of hydrogen-bond donors (Lipinski definition) is 0. The van der Waals surface area contributed by atoms with Crippen molar-refractivity contribution in [1.29, 1.82) is 0 Å². The van der Waals surface area contributed by atoms with Crippen LogP contribution in [-0.4, -0.2) is 34.9 Å². The summed E-state index contributed by atoms with van der Waals surface area (Å²) >= 11 is 0. The van der Waals surface area contributed by atoms with Crippen LogP contribution in [0.25, 0.3) is 17.2 Å². The number of rotatable bonds is 4. The van der Waals surface area contributed by atoms with Crippen LogP contribution in [-0.2, 0) is 11.8 Å². The summed E-state index contributed by atoms with van der Waals surface area (Å²) < 4.78 is 30.5. The summed E-state index contributed by atoms with van der Waals surface area (Å²) in [5.74, 6) is 0.0449. The molecule has 0 unspecified atom stereocenters. The predicted molar refractivity (Wildman–Crippen MR) is 120 cm³/mol. The maximum absolute atomic E-state index is 14.5. The van der Waals surface area contributed by atoms with Gasteiger partial charge in [0.2, 0.25) is 0 Å². The molecule has 172 valence electrons. The van der Waals surface area contributed by atoms with Crippen molar-refractivity contribution in [3.05, 3.63) is 77.3 Å². The quantitative estimate of drug-likeness (QED) is 0.445. The van der Waals surface area contributed by atoms with E-state index in [-0.39, 0.29) is 22.6 Å². The smallest absolute Gasteiger partial charge is 0.220 e. The molecule has 0 aliphatic heterocycles. The molecular weight excluding hydrogens is 436 g/mol. The summed E-state index contributed by atoms with van der Waals surface area (Å²) in [6.07, 6.45) is 5.86. The average Bonchev–Trinajstić information content (AvgIpc) is 3.47. The van der Waals surface area contributed by atoms with E-state index in [0.29, 0.717) is 5.95 Å². The van der Waals surface area contributed by atoms with E-state index in [0.717, 1.165) is 42.0 Å². The van der Waals surface area contributed by atoms with Crippen molar-refractivity contribution in [2.75, 3.05) is 0 Å². The van der Waals surface area contributed by atoms with Gasteiger partial charge >= 0.3 is 0 Å². The molecule has 9 heteroatoms. The summed E-state index contributed by atoms with van der Waals surface area (Å²) in [6.45, 7) is 6.41. The van der Waals surface area contributed by atoms with Gasteiger partial charge in [0.25, 0.3) is 5.95 Å². The molecule has 6 rings (SSSR count). The molecule has 34 heavy (non-hydrogen) atoms. The first kappa shape index (κ1) is 20.9. The van der Waals surface area contributed by atoms with Gasteiger partial charge in [-0.05, 0) is 54.0 Å². The van der Waals surface area contributed by atoms with Gasteiger partial charge in [0, 0.05) is 12.6 Å². The first-order valence-corrected chi connectivity index (χ1v) is 11.4. The van der Waals surface area contributed by atoms with Gasteiger partial charge in [-0.3, -0.25) is 0 Å². The van der Waals surface area contributed by atoms with E-state index in [1.165, 1.54) is 18.2 Å². The minimum absolute atomic E-state index is 0.144. The highest BCUT2D eigenvalue weighted by Gasteiger charge is 2.65. The highest BCUT2D eigenvalue weighted by Crippen LogP contribution is 2.69. The van der Waals surface area contributed by atoms with Crippen LogP contribution in [0.1, 0.15) is 62.3 Å². The maximum Gasteiger partial charge on any atom is 0.252 e. The van der Waals surface area contributed by atoms with E-state index >= 15 is 0 Å². The van der Waals surface area contributed by atoms with Crippen LogP contribution >= 0.6 is 0 Å². The monoisotopic (exact) mass is 459 g/mol. The molecule has 1 fully saturated rings. The summed E-state index contributed by atoms with van der Waals surface area (Å²) in [4.78, 5) is 13.6. The first-order chi connectivity index (χ1) is 16.4. The molecule has 0 amide bonds. The molecule has 1 aromatic carbocycles. The molecule has 0 radical (unpaired) electrons. The van der Waals surface area contributed by atoms with E-state index in [1.807, 2.05) is 19.1 Å². The second-order valence-electron chi connectivity index (χ2n) is 9.55. The van der Waals surface area contributed by atoms with Crippen LogP contribution in [0.2, 0.25) is 0 Å². The number of aryl methyl sites for hydroxylation is 1. The van der Waals surface area contributed by atoms with Gasteiger partial charge in [0.05, 0.1) is 28.1 Å². The van der Waals surface area contributed by atoms with Crippen molar-refractivity contribution in [2.45, 2.75) is 51.4 Å². The van der Waals surface area contributed by atoms with Gasteiger partial charge in [0.1, 0.15) is 18.0 Å². The normalized spacial score (nSPS) is 22.2. The number of aromatic nitrogens is 7. The summed E-state index contributed by atoms with van der Waals surface area (Å²) in [7, 11) is 0. The van der Waals surface area contributed by atoms with E-state index < -0.39 is 17.0 Å². The first-order valence-electron chi connectivity index (χ1n) is 11.4. The lowest BCUT2D eigenvalue weighted by Crippen LogP contribution is -2.38. The minimum atomic E-state index is -0.647. The Morgan fingerprint density at radius 1 is 1.09 bits per heavy atom. The topological polar surface area (TPSA) is 82.3 Å². The molecule has 0 spiro atoms. The van der Waals surface area contributed by atoms with Crippen molar-refractivity contribution >= 4 is 0 Å². The second-order valence-corrected chi connectivity index (χ2v) is 9.55. The van der Waals surface area contributed by atoms with Crippen LogP contribution in [0.4, 0.5) is 8.78 Å². The van der Waals surface area contributed by atoms with Crippen LogP contribution in [0.15, 0.2) is 42.9 Å². The zero-order valence-electron chi connectivity index (χ0n) is 19.1. The lowest BCUT2D eigenvalue weighted by atomic mass is 9.66. The van der Waals surface area contributed by atoms with Crippen molar-refractivity contribution in [3.63, 3.8) is 0 Å². The number of nitrogens with zero attached hydrogens (tertiary/aromatic N) is 7. The predicted octanol–water partition coefficient (Wildman–Crippen LogP) is 4.56. The van der Waals surface area contributed by atoms with E-state index in [4.69, 9.17) is 4.98 Å². The Morgan fingerprint density at radius 2 is 1.88 bits per heavy atom. The standard InChI is InChI=1S/C25H23F2N7/c1-4-20-29-13-34(33-20)23-28-11-9-19(30-23)25-10-8-15(24(25,2)3)14-12-18(31-32-22(14)25)21-16(26)6-5-7-17(21)27/h5-7,9,11-13,15H,4,8,10H2,1-3H3/t15-,25-/m0/s1. The molecule has 7 nitrogen and oxygen atoms in total. The largest absolute Gasteiger partial charge is 0.252 e. The molecule has 0 saturated heterocycles. The molecule has 2 atom stereocenters. The Balaban J connectivity index is 1.51. The molecule has 4 aromatic rings. The van der Waals surface area contributed by atoms with Gasteiger partial charge < -0.3 is 0 Å². The molecule has 1 saturated carbocycles. The third kappa shape index (κ3) is 2.66. The second kappa shape index (κ2) is 7.19. The highest BCUT2D eigenvalue weighted by atomic mass is 19.1. The van der Waals surface area contributed by atoms with E-state index in [9.17, 15) is 8.78 Å². The summed E-state index contributed by atoms with van der Waals surface area (Å²) in [6, 6.07) is 7.56. The molecule has 0 N–H and O–H groups in total. The number of halogens is 2. The van der Waals surface area contributed by atoms with Gasteiger partial charge in [0.15, 0.2) is 5.82 Å². The molecule has 2 aliphatic rings. The lowest BCUT2D eigenvalue weighted by molar-refractivity contribution is 0.242. The van der Waals surface area contributed by atoms with Crippen molar-refractivity contribution < 1.29 is 8.78 Å². The third-order valence-corrected chi connectivity index (χ3v) is 7.74. The highest BCUT2D eigenvalue weighted by molar-refractivity contribution is 5.64. The Bertz CT molecular complexity index is 1410. The third-order valence-electron chi connectivity index (χ3n) is 7.74. The van der Waals surface area contributed by atoms with Crippen LogP contribution in [0.5, 0.6) is 0 Å². The van der Waals surface area contributed by atoms with Crippen LogP contribution in [0.3, 0.4) is 0 Å². The number of benzene rings is 1. The SMILES string of the molecule is CCc1ncn(-c2nccc([C@@]34CC[C@@H](c5cc(-c6c(F)cccc6F)nnc53)C4(C)C)n2)n1. The van der Waals surface area contributed by atoms with Crippen molar-refractivity contribution in [3.8, 4) is 17.2 Å². The van der Waals surface area contributed by atoms with Crippen LogP contribution < -0.4 is 0 Å². The lowest BCUT2D eigenvalue weighted by Gasteiger charge is -2.37. The zero-order valence-corrected chi connectivity index (χ0v) is 19.1. The van der Waals surface area contributed by atoms with Crippen molar-refractivity contribution in [2.24, 2.45) is 5.41 Å². The van der Waals surface area contributed by atoms with E-state index in [2.05, 4.69) is 39.1 Å². The summed E-state index contributed by atoms with van der Waals surface area (Å²) in [5, 5.41) is 13.3. The Morgan fingerprint density at radius 3 is 2.62 bits per heavy atom. The fraction of sp³-hybridized carbons (Fsp3) is 0.360. The Hall–Kier alpha value is -3.62.